The number of likely N-dealkylation sites (N-methyl/N-ethyl adjacent to an activating group) is 1. The Labute approximate surface area is 169 Å². The molecule has 7 heteroatoms. The van der Waals surface area contributed by atoms with Gasteiger partial charge in [-0.05, 0) is 35.9 Å². The van der Waals surface area contributed by atoms with Gasteiger partial charge in [0.25, 0.3) is 5.91 Å². The summed E-state index contributed by atoms with van der Waals surface area (Å²) >= 11 is 1.59. The van der Waals surface area contributed by atoms with E-state index in [1.54, 1.807) is 23.3 Å². The Kier molecular flexibility index (Phi) is 5.84. The molecule has 2 heterocycles. The van der Waals surface area contributed by atoms with Crippen molar-refractivity contribution in [2.75, 3.05) is 13.6 Å². The number of rotatable bonds is 7. The molecule has 1 fully saturated rings. The molecule has 0 saturated carbocycles. The second kappa shape index (κ2) is 8.14. The highest BCUT2D eigenvalue weighted by atomic mass is 32.1. The highest BCUT2D eigenvalue weighted by molar-refractivity contribution is 7.10. The van der Waals surface area contributed by atoms with Gasteiger partial charge in [-0.3, -0.25) is 14.5 Å². The molecule has 4 amide bonds. The molecule has 148 valence electrons. The summed E-state index contributed by atoms with van der Waals surface area (Å²) in [6, 6.07) is 10.7. The molecule has 0 radical (unpaired) electrons. The number of benzene rings is 1. The maximum absolute atomic E-state index is 13.2. The van der Waals surface area contributed by atoms with Crippen LogP contribution in [0, 0.1) is 6.92 Å². The number of hydrogen-bond donors (Lipinski definition) is 1. The molecule has 0 aliphatic carbocycles. The first-order valence-corrected chi connectivity index (χ1v) is 10.2. The summed E-state index contributed by atoms with van der Waals surface area (Å²) in [6.45, 7) is 4.17. The predicted octanol–water partition coefficient (Wildman–Crippen LogP) is 3.26. The van der Waals surface area contributed by atoms with Gasteiger partial charge in [-0.1, -0.05) is 43.7 Å². The van der Waals surface area contributed by atoms with Gasteiger partial charge in [0.05, 0.1) is 6.54 Å². The van der Waals surface area contributed by atoms with E-state index in [2.05, 4.69) is 5.32 Å². The quantitative estimate of drug-likeness (QED) is 0.727. The molecule has 2 aromatic rings. The molecule has 1 N–H and O–H groups in total. The van der Waals surface area contributed by atoms with Gasteiger partial charge in [-0.2, -0.15) is 0 Å². The molecule has 1 saturated heterocycles. The van der Waals surface area contributed by atoms with Crippen LogP contribution < -0.4 is 5.32 Å². The van der Waals surface area contributed by atoms with Crippen LogP contribution in [0.4, 0.5) is 4.79 Å². The number of aryl methyl sites for hydroxylation is 1. The number of carbonyl (C=O) groups is 3. The van der Waals surface area contributed by atoms with Crippen molar-refractivity contribution in [3.05, 3.63) is 57.8 Å². The Morgan fingerprint density at radius 2 is 1.93 bits per heavy atom. The SMILES string of the molecule is CCC[C@]1(c2ccccc2)NC(=O)N(CC(=O)N(C)Cc2sccc2C)C1=O. The standard InChI is InChI=1S/C21H25N3O3S/c1-4-11-21(16-8-6-5-7-9-16)19(26)24(20(27)22-21)14-18(25)23(3)13-17-15(2)10-12-28-17/h5-10,12H,4,11,13-14H2,1-3H3,(H,22,27)/t21-/m1/s1. The third-order valence-corrected chi connectivity index (χ3v) is 6.14. The van der Waals surface area contributed by atoms with Crippen molar-refractivity contribution in [3.8, 4) is 0 Å². The fraction of sp³-hybridized carbons (Fsp3) is 0.381. The molecular formula is C21H25N3O3S. The average molecular weight is 400 g/mol. The summed E-state index contributed by atoms with van der Waals surface area (Å²) in [6.07, 6.45) is 1.21. The van der Waals surface area contributed by atoms with Crippen molar-refractivity contribution in [3.63, 3.8) is 0 Å². The van der Waals surface area contributed by atoms with E-state index in [1.807, 2.05) is 55.6 Å². The van der Waals surface area contributed by atoms with Crippen LogP contribution in [-0.2, 0) is 21.7 Å². The van der Waals surface area contributed by atoms with Gasteiger partial charge < -0.3 is 10.2 Å². The molecule has 1 atom stereocenters. The summed E-state index contributed by atoms with van der Waals surface area (Å²) < 4.78 is 0. The zero-order chi connectivity index (χ0) is 20.3. The second-order valence-corrected chi connectivity index (χ2v) is 8.12. The first-order chi connectivity index (χ1) is 13.4. The zero-order valence-corrected chi connectivity index (χ0v) is 17.2. The van der Waals surface area contributed by atoms with E-state index in [1.165, 1.54) is 0 Å². The smallest absolute Gasteiger partial charge is 0.325 e. The summed E-state index contributed by atoms with van der Waals surface area (Å²) in [5, 5.41) is 4.84. The largest absolute Gasteiger partial charge is 0.339 e. The summed E-state index contributed by atoms with van der Waals surface area (Å²) in [4.78, 5) is 42.2. The van der Waals surface area contributed by atoms with Crippen LogP contribution >= 0.6 is 11.3 Å². The normalized spacial score (nSPS) is 19.0. The molecular weight excluding hydrogens is 374 g/mol. The lowest BCUT2D eigenvalue weighted by atomic mass is 9.85. The fourth-order valence-electron chi connectivity index (χ4n) is 3.50. The van der Waals surface area contributed by atoms with Crippen LogP contribution in [-0.4, -0.2) is 41.2 Å². The van der Waals surface area contributed by atoms with E-state index in [-0.39, 0.29) is 18.4 Å². The number of hydrogen-bond acceptors (Lipinski definition) is 4. The fourth-order valence-corrected chi connectivity index (χ4v) is 4.46. The molecule has 0 unspecified atom stereocenters. The van der Waals surface area contributed by atoms with Crippen molar-refractivity contribution in [2.45, 2.75) is 38.8 Å². The second-order valence-electron chi connectivity index (χ2n) is 7.12. The van der Waals surface area contributed by atoms with E-state index >= 15 is 0 Å². The number of nitrogens with zero attached hydrogens (tertiary/aromatic N) is 2. The van der Waals surface area contributed by atoms with Gasteiger partial charge in [0.1, 0.15) is 12.1 Å². The van der Waals surface area contributed by atoms with Crippen LogP contribution in [0.1, 0.15) is 35.8 Å². The first kappa shape index (κ1) is 20.1. The molecule has 28 heavy (non-hydrogen) atoms. The van der Waals surface area contributed by atoms with Crippen LogP contribution in [0.5, 0.6) is 0 Å². The molecule has 1 aliphatic rings. The molecule has 1 aromatic carbocycles. The van der Waals surface area contributed by atoms with Crippen molar-refractivity contribution in [1.29, 1.82) is 0 Å². The van der Waals surface area contributed by atoms with E-state index in [9.17, 15) is 14.4 Å². The number of nitrogens with one attached hydrogen (secondary N) is 1. The van der Waals surface area contributed by atoms with Crippen molar-refractivity contribution < 1.29 is 14.4 Å². The number of imide groups is 1. The topological polar surface area (TPSA) is 69.7 Å². The third kappa shape index (κ3) is 3.67. The maximum Gasteiger partial charge on any atom is 0.325 e. The maximum atomic E-state index is 13.2. The molecule has 0 bridgehead atoms. The number of urea groups is 1. The Bertz CT molecular complexity index is 880. The van der Waals surface area contributed by atoms with Crippen LogP contribution in [0.25, 0.3) is 0 Å². The van der Waals surface area contributed by atoms with Crippen LogP contribution in [0.15, 0.2) is 41.8 Å². The molecule has 1 aromatic heterocycles. The molecule has 3 rings (SSSR count). The third-order valence-electron chi connectivity index (χ3n) is 5.14. The van der Waals surface area contributed by atoms with E-state index in [0.29, 0.717) is 13.0 Å². The minimum absolute atomic E-state index is 0.260. The monoisotopic (exact) mass is 399 g/mol. The number of carbonyl (C=O) groups excluding carboxylic acids is 3. The van der Waals surface area contributed by atoms with Gasteiger partial charge in [0, 0.05) is 11.9 Å². The zero-order valence-electron chi connectivity index (χ0n) is 16.4. The lowest BCUT2D eigenvalue weighted by Crippen LogP contribution is -2.45. The Balaban J connectivity index is 1.77. The van der Waals surface area contributed by atoms with Crippen molar-refractivity contribution in [1.82, 2.24) is 15.1 Å². The number of amides is 4. The lowest BCUT2D eigenvalue weighted by molar-refractivity contribution is -0.139. The molecule has 6 nitrogen and oxygen atoms in total. The van der Waals surface area contributed by atoms with Gasteiger partial charge in [-0.25, -0.2) is 4.79 Å². The van der Waals surface area contributed by atoms with Gasteiger partial charge in [0.15, 0.2) is 0 Å². The van der Waals surface area contributed by atoms with Crippen molar-refractivity contribution in [2.24, 2.45) is 0 Å². The molecule has 1 aliphatic heterocycles. The number of thiophene rings is 1. The van der Waals surface area contributed by atoms with Crippen molar-refractivity contribution >= 4 is 29.2 Å². The van der Waals surface area contributed by atoms with E-state index < -0.39 is 11.6 Å². The highest BCUT2D eigenvalue weighted by Gasteiger charge is 2.52. The van der Waals surface area contributed by atoms with Gasteiger partial charge in [-0.15, -0.1) is 11.3 Å². The minimum atomic E-state index is -1.10. The predicted molar refractivity (Wildman–Crippen MR) is 109 cm³/mol. The van der Waals surface area contributed by atoms with Crippen LogP contribution in [0.2, 0.25) is 0 Å². The first-order valence-electron chi connectivity index (χ1n) is 9.35. The highest BCUT2D eigenvalue weighted by Crippen LogP contribution is 2.33. The van der Waals surface area contributed by atoms with Gasteiger partial charge in [0.2, 0.25) is 5.91 Å². The lowest BCUT2D eigenvalue weighted by Gasteiger charge is -2.27. The Morgan fingerprint density at radius 3 is 2.54 bits per heavy atom. The summed E-state index contributed by atoms with van der Waals surface area (Å²) in [7, 11) is 1.69. The van der Waals surface area contributed by atoms with E-state index in [0.717, 1.165) is 27.3 Å². The molecule has 0 spiro atoms. The summed E-state index contributed by atoms with van der Waals surface area (Å²) in [5.41, 5.74) is 0.773. The van der Waals surface area contributed by atoms with E-state index in [4.69, 9.17) is 0 Å². The Morgan fingerprint density at radius 1 is 1.21 bits per heavy atom. The Hall–Kier alpha value is -2.67. The minimum Gasteiger partial charge on any atom is -0.339 e. The average Bonchev–Trinajstić information content (AvgIpc) is 3.19. The van der Waals surface area contributed by atoms with Crippen LogP contribution in [0.3, 0.4) is 0 Å². The van der Waals surface area contributed by atoms with Gasteiger partial charge >= 0.3 is 6.03 Å². The summed E-state index contributed by atoms with van der Waals surface area (Å²) in [5.74, 6) is -0.628.